The summed E-state index contributed by atoms with van der Waals surface area (Å²) in [7, 11) is 0. The highest BCUT2D eigenvalue weighted by atomic mass is 32.2. The predicted molar refractivity (Wildman–Crippen MR) is 148 cm³/mol. The van der Waals surface area contributed by atoms with E-state index < -0.39 is 16.8 Å². The molecule has 5 rings (SSSR count). The van der Waals surface area contributed by atoms with Gasteiger partial charge in [0, 0.05) is 17.5 Å². The third-order valence-electron chi connectivity index (χ3n) is 5.76. The minimum atomic E-state index is -0.788. The van der Waals surface area contributed by atoms with Crippen LogP contribution in [0.4, 0.5) is 5.69 Å². The molecule has 0 fully saturated rings. The number of esters is 1. The van der Waals surface area contributed by atoms with E-state index in [0.717, 1.165) is 17.3 Å². The summed E-state index contributed by atoms with van der Waals surface area (Å²) in [6.45, 7) is 2.02. The van der Waals surface area contributed by atoms with E-state index >= 15 is 0 Å². The Balaban J connectivity index is 1.43. The molecule has 0 radical (unpaired) electrons. The number of benzene rings is 3. The lowest BCUT2D eigenvalue weighted by Crippen LogP contribution is -2.38. The fourth-order valence-electron chi connectivity index (χ4n) is 3.95. The molecule has 3 aromatic carbocycles. The van der Waals surface area contributed by atoms with Crippen LogP contribution < -0.4 is 9.47 Å². The number of amidine groups is 2. The summed E-state index contributed by atoms with van der Waals surface area (Å²) in [5, 5.41) is 22.1. The lowest BCUT2D eigenvalue weighted by Gasteiger charge is -2.27. The van der Waals surface area contributed by atoms with Gasteiger partial charge in [-0.15, -0.1) is 0 Å². The van der Waals surface area contributed by atoms with Crippen molar-refractivity contribution in [2.45, 2.75) is 6.92 Å². The average Bonchev–Trinajstić information content (AvgIpc) is 3.37. The van der Waals surface area contributed by atoms with Gasteiger partial charge >= 0.3 is 5.97 Å². The van der Waals surface area contributed by atoms with Crippen molar-refractivity contribution in [3.05, 3.63) is 111 Å². The molecule has 0 saturated heterocycles. The van der Waals surface area contributed by atoms with Crippen LogP contribution in [-0.2, 0) is 4.79 Å². The zero-order chi connectivity index (χ0) is 27.5. The maximum Gasteiger partial charge on any atom is 0.343 e. The van der Waals surface area contributed by atoms with E-state index in [2.05, 4.69) is 4.99 Å². The Kier molecular flexibility index (Phi) is 7.06. The van der Waals surface area contributed by atoms with Crippen LogP contribution in [0.3, 0.4) is 0 Å². The summed E-state index contributed by atoms with van der Waals surface area (Å²) in [5.41, 5.74) is 2.04. The second-order valence-corrected chi connectivity index (χ2v) is 9.10. The van der Waals surface area contributed by atoms with Crippen molar-refractivity contribution in [2.24, 2.45) is 4.99 Å². The minimum absolute atomic E-state index is 0.00996. The van der Waals surface area contributed by atoms with Gasteiger partial charge in [-0.2, -0.15) is 4.99 Å². The maximum absolute atomic E-state index is 12.8. The molecule has 1 N–H and O–H groups in total. The van der Waals surface area contributed by atoms with Gasteiger partial charge in [0.25, 0.3) is 11.6 Å². The normalized spacial score (nSPS) is 15.5. The van der Waals surface area contributed by atoms with Crippen molar-refractivity contribution in [3.8, 4) is 11.5 Å². The number of carbonyl (C=O) groups excluding carboxylic acids is 2. The van der Waals surface area contributed by atoms with Gasteiger partial charge in [-0.25, -0.2) is 4.79 Å². The lowest BCUT2D eigenvalue weighted by molar-refractivity contribution is -0.384. The number of nitrogens with one attached hydrogen (secondary N) is 1. The monoisotopic (exact) mass is 540 g/mol. The average molecular weight is 541 g/mol. The number of non-ortho nitro benzene ring substituents is 1. The molecule has 2 heterocycles. The summed E-state index contributed by atoms with van der Waals surface area (Å²) in [4.78, 5) is 41.8. The Morgan fingerprint density at radius 2 is 1.90 bits per heavy atom. The maximum atomic E-state index is 12.8. The molecule has 2 aliphatic rings. The standard InChI is InChI=1S/C28H20N4O6S/c1-2-37-24-14-17(11-12-23(24)38-27(34)19-9-6-10-20(15-19)32(35)36)13-21-25(29)31-22(18-7-4-3-5-8-18)16-39-28(31)30-26(21)33/h3-16,29H,2H2,1H3/b21-13-,29-25?. The Bertz CT molecular complexity index is 1610. The summed E-state index contributed by atoms with van der Waals surface area (Å²) in [6.07, 6.45) is 1.53. The highest BCUT2D eigenvalue weighted by molar-refractivity contribution is 8.17. The summed E-state index contributed by atoms with van der Waals surface area (Å²) in [5.74, 6) is -1.01. The van der Waals surface area contributed by atoms with Crippen LogP contribution in [0.2, 0.25) is 0 Å². The zero-order valence-electron chi connectivity index (χ0n) is 20.5. The number of nitro benzene ring substituents is 1. The number of thioether (sulfide) groups is 1. The molecule has 1 amide bonds. The molecule has 194 valence electrons. The van der Waals surface area contributed by atoms with Crippen LogP contribution in [0.5, 0.6) is 11.5 Å². The highest BCUT2D eigenvalue weighted by Gasteiger charge is 2.36. The molecule has 0 unspecified atom stereocenters. The van der Waals surface area contributed by atoms with Gasteiger partial charge in [0.15, 0.2) is 16.7 Å². The Morgan fingerprint density at radius 3 is 2.64 bits per heavy atom. The fourth-order valence-corrected chi connectivity index (χ4v) is 4.84. The van der Waals surface area contributed by atoms with E-state index in [1.54, 1.807) is 24.0 Å². The van der Waals surface area contributed by atoms with Crippen molar-refractivity contribution in [1.82, 2.24) is 4.90 Å². The van der Waals surface area contributed by atoms with Gasteiger partial charge in [0.1, 0.15) is 5.84 Å². The molecule has 10 nitrogen and oxygen atoms in total. The second-order valence-electron chi connectivity index (χ2n) is 8.26. The molecule has 0 aliphatic carbocycles. The molecule has 3 aromatic rings. The Morgan fingerprint density at radius 1 is 1.10 bits per heavy atom. The first kappa shape index (κ1) is 25.6. The number of hydrogen-bond donors (Lipinski definition) is 1. The van der Waals surface area contributed by atoms with Gasteiger partial charge in [0.05, 0.1) is 28.4 Å². The van der Waals surface area contributed by atoms with Crippen LogP contribution >= 0.6 is 11.8 Å². The fraction of sp³-hybridized carbons (Fsp3) is 0.0714. The minimum Gasteiger partial charge on any atom is -0.490 e. The van der Waals surface area contributed by atoms with E-state index in [-0.39, 0.29) is 40.8 Å². The van der Waals surface area contributed by atoms with Crippen molar-refractivity contribution in [3.63, 3.8) is 0 Å². The van der Waals surface area contributed by atoms with Gasteiger partial charge in [0.2, 0.25) is 0 Å². The quantitative estimate of drug-likeness (QED) is 0.136. The third kappa shape index (κ3) is 5.20. The largest absolute Gasteiger partial charge is 0.490 e. The molecule has 0 saturated carbocycles. The van der Waals surface area contributed by atoms with E-state index in [1.807, 2.05) is 35.7 Å². The van der Waals surface area contributed by atoms with Gasteiger partial charge in [-0.3, -0.25) is 25.2 Å². The molecule has 11 heteroatoms. The predicted octanol–water partition coefficient (Wildman–Crippen LogP) is 5.52. The number of rotatable bonds is 7. The van der Waals surface area contributed by atoms with E-state index in [4.69, 9.17) is 14.9 Å². The first-order valence-electron chi connectivity index (χ1n) is 11.7. The van der Waals surface area contributed by atoms with Crippen molar-refractivity contribution < 1.29 is 24.0 Å². The molecule has 39 heavy (non-hydrogen) atoms. The summed E-state index contributed by atoms with van der Waals surface area (Å²) in [6, 6.07) is 19.4. The molecule has 2 aliphatic heterocycles. The molecule has 0 spiro atoms. The van der Waals surface area contributed by atoms with E-state index in [9.17, 15) is 19.7 Å². The number of fused-ring (bicyclic) bond motifs is 1. The van der Waals surface area contributed by atoms with Crippen LogP contribution in [0.1, 0.15) is 28.4 Å². The summed E-state index contributed by atoms with van der Waals surface area (Å²) < 4.78 is 11.1. The Hall–Kier alpha value is -5.03. The number of aliphatic imine (C=N–C) groups is 1. The van der Waals surface area contributed by atoms with Crippen molar-refractivity contribution in [2.75, 3.05) is 6.61 Å². The molecule has 0 aromatic heterocycles. The molecular formula is C28H20N4O6S. The number of carbonyl (C=O) groups is 2. The van der Waals surface area contributed by atoms with Crippen LogP contribution in [0, 0.1) is 15.5 Å². The van der Waals surface area contributed by atoms with Crippen LogP contribution in [-0.4, -0.2) is 39.3 Å². The molecular weight excluding hydrogens is 520 g/mol. The first-order valence-corrected chi connectivity index (χ1v) is 12.6. The van der Waals surface area contributed by atoms with Crippen LogP contribution in [0.15, 0.2) is 88.8 Å². The number of hydrogen-bond acceptors (Lipinski definition) is 8. The number of nitro groups is 1. The zero-order valence-corrected chi connectivity index (χ0v) is 21.3. The van der Waals surface area contributed by atoms with Gasteiger partial charge in [-0.1, -0.05) is 54.2 Å². The smallest absolute Gasteiger partial charge is 0.343 e. The highest BCUT2D eigenvalue weighted by Crippen LogP contribution is 2.38. The number of ether oxygens (including phenoxy) is 2. The van der Waals surface area contributed by atoms with Gasteiger partial charge in [-0.05, 0) is 42.3 Å². The number of amides is 1. The summed E-state index contributed by atoms with van der Waals surface area (Å²) >= 11 is 1.28. The number of nitrogens with zero attached hydrogens (tertiary/aromatic N) is 3. The van der Waals surface area contributed by atoms with E-state index in [0.29, 0.717) is 10.7 Å². The second kappa shape index (κ2) is 10.8. The van der Waals surface area contributed by atoms with Crippen LogP contribution in [0.25, 0.3) is 11.8 Å². The molecule has 0 atom stereocenters. The van der Waals surface area contributed by atoms with E-state index in [1.165, 1.54) is 42.1 Å². The van der Waals surface area contributed by atoms with Gasteiger partial charge < -0.3 is 9.47 Å². The molecule has 0 bridgehead atoms. The van der Waals surface area contributed by atoms with Crippen molar-refractivity contribution >= 4 is 52.1 Å². The van der Waals surface area contributed by atoms with Crippen molar-refractivity contribution in [1.29, 1.82) is 5.41 Å². The topological polar surface area (TPSA) is 135 Å². The first-order chi connectivity index (χ1) is 18.9. The lowest BCUT2D eigenvalue weighted by atomic mass is 10.1. The SMILES string of the molecule is CCOc1cc(/C=C2/C(=N)N3C(c4ccccc4)=CSC3=NC2=O)ccc1OC(=O)c1cccc([N+](=O)[O-])c1. The Labute approximate surface area is 226 Å². The third-order valence-corrected chi connectivity index (χ3v) is 6.58.